The first-order valence-electron chi connectivity index (χ1n) is 13.0. The van der Waals surface area contributed by atoms with E-state index in [-0.39, 0.29) is 317 Å². The van der Waals surface area contributed by atoms with Crippen LogP contribution in [0.2, 0.25) is 0 Å². The predicted octanol–water partition coefficient (Wildman–Crippen LogP) is -20.6. The summed E-state index contributed by atoms with van der Waals surface area (Å²) < 4.78 is 22.5. The van der Waals surface area contributed by atoms with Gasteiger partial charge >= 0.3 is 257 Å². The third-order valence-electron chi connectivity index (χ3n) is 6.15. The fourth-order valence-corrected chi connectivity index (χ4v) is 4.38. The van der Waals surface area contributed by atoms with Crippen LogP contribution in [0, 0.1) is 0 Å². The van der Waals surface area contributed by atoms with E-state index in [1.807, 2.05) is 0 Å². The van der Waals surface area contributed by atoms with Crippen LogP contribution in [0.4, 0.5) is 11.4 Å². The van der Waals surface area contributed by atoms with E-state index in [2.05, 4.69) is 4.99 Å². The van der Waals surface area contributed by atoms with E-state index in [0.29, 0.717) is 5.39 Å². The molecule has 0 saturated heterocycles. The first kappa shape index (κ1) is 54.3. The maximum Gasteiger partial charge on any atom is 1.00 e. The van der Waals surface area contributed by atoms with Crippen molar-refractivity contribution in [1.29, 1.82) is 0 Å². The number of ether oxygens (including phenoxy) is 3. The molecule has 22 heteroatoms. The van der Waals surface area contributed by atoms with Gasteiger partial charge < -0.3 is 77.9 Å². The first-order valence-corrected chi connectivity index (χ1v) is 13.0. The summed E-state index contributed by atoms with van der Waals surface area (Å²) in [7, 11) is 0. The van der Waals surface area contributed by atoms with Crippen LogP contribution in [-0.4, -0.2) is 87.8 Å². The summed E-state index contributed by atoms with van der Waals surface area (Å²) in [6.45, 7) is -3.91. The number of hydrogen-bond donors (Lipinski definition) is 0. The molecular formula is C28H22K5N3O14. The van der Waals surface area contributed by atoms with Crippen molar-refractivity contribution in [3.63, 3.8) is 0 Å². The minimum atomic E-state index is -1.61. The van der Waals surface area contributed by atoms with E-state index in [4.69, 9.17) is 18.6 Å². The van der Waals surface area contributed by atoms with Crippen molar-refractivity contribution in [3.05, 3.63) is 48.2 Å². The van der Waals surface area contributed by atoms with Crippen molar-refractivity contribution < 1.29 is 325 Å². The van der Waals surface area contributed by atoms with Crippen molar-refractivity contribution in [1.82, 2.24) is 0 Å². The molecule has 1 aliphatic heterocycles. The minimum absolute atomic E-state index is 0. The topological polar surface area (TPSA) is 260 Å². The summed E-state index contributed by atoms with van der Waals surface area (Å²) >= 11 is 0. The average Bonchev–Trinajstić information content (AvgIpc) is 3.61. The van der Waals surface area contributed by atoms with Gasteiger partial charge in [-0.25, -0.2) is 4.99 Å². The normalized spacial score (nSPS) is 12.5. The van der Waals surface area contributed by atoms with Crippen molar-refractivity contribution in [3.8, 4) is 11.5 Å². The van der Waals surface area contributed by atoms with Crippen molar-refractivity contribution in [2.75, 3.05) is 55.7 Å². The standard InChI is InChI=1S/C28H27N3O14.5K/c32-23(33)11-30(12-24(34)35)16-3-1-2-4-18(16)42-5-6-43-20-7-15-8-21(27-29-10-22(45-27)28(40)41)44-19(15)9-17(20)31(13-25(36)37)14-26(38)39;;;;;/h1-4,7-9,22H,5-6,10-14H2,(H,32,33)(H,34,35)(H,36,37)(H,38,39)(H,40,41);;;;;/q;5*+1/p-5. The smallest absolute Gasteiger partial charge is 0.548 e. The molecule has 17 nitrogen and oxygen atoms in total. The summed E-state index contributed by atoms with van der Waals surface area (Å²) in [4.78, 5) is 62.1. The third kappa shape index (κ3) is 16.7. The minimum Gasteiger partial charge on any atom is -0.548 e. The van der Waals surface area contributed by atoms with E-state index >= 15 is 0 Å². The molecule has 1 unspecified atom stereocenters. The summed E-state index contributed by atoms with van der Waals surface area (Å²) in [6, 6.07) is 10.1. The van der Waals surface area contributed by atoms with E-state index < -0.39 is 62.1 Å². The molecule has 238 valence electrons. The van der Waals surface area contributed by atoms with Gasteiger partial charge in [0.15, 0.2) is 11.9 Å². The number of fused-ring (bicyclic) bond motifs is 1. The quantitative estimate of drug-likeness (QED) is 0.0905. The maximum absolute atomic E-state index is 11.4. The monoisotopic (exact) mass is 819 g/mol. The van der Waals surface area contributed by atoms with Gasteiger partial charge in [-0.3, -0.25) is 0 Å². The van der Waals surface area contributed by atoms with Gasteiger partial charge in [0, 0.05) is 11.5 Å². The summed E-state index contributed by atoms with van der Waals surface area (Å²) in [5.74, 6) is -7.79. The Hall–Kier alpha value is 2.18. The molecule has 1 atom stereocenters. The molecule has 4 rings (SSSR count). The molecule has 0 fully saturated rings. The van der Waals surface area contributed by atoms with E-state index in [9.17, 15) is 49.5 Å². The fraction of sp³-hybridized carbons (Fsp3) is 0.286. The van der Waals surface area contributed by atoms with Gasteiger partial charge in [0.1, 0.15) is 30.3 Å². The molecule has 0 bridgehead atoms. The first-order chi connectivity index (χ1) is 21.4. The van der Waals surface area contributed by atoms with Crippen LogP contribution in [-0.2, 0) is 28.7 Å². The second-order valence-electron chi connectivity index (χ2n) is 9.40. The van der Waals surface area contributed by atoms with Crippen LogP contribution in [0.15, 0.2) is 51.9 Å². The number of anilines is 2. The van der Waals surface area contributed by atoms with Crippen LogP contribution in [0.5, 0.6) is 11.5 Å². The number of benzene rings is 2. The van der Waals surface area contributed by atoms with Gasteiger partial charge in [-0.2, -0.15) is 0 Å². The maximum atomic E-state index is 11.4. The zero-order valence-electron chi connectivity index (χ0n) is 28.1. The zero-order chi connectivity index (χ0) is 32.7. The number of rotatable bonds is 17. The number of carboxylic acid groups (broad SMARTS) is 5. The number of nitrogens with zero attached hydrogens (tertiary/aromatic N) is 3. The van der Waals surface area contributed by atoms with Gasteiger partial charge in [-0.1, -0.05) is 12.1 Å². The van der Waals surface area contributed by atoms with Gasteiger partial charge in [-0.15, -0.1) is 0 Å². The van der Waals surface area contributed by atoms with Gasteiger partial charge in [0.2, 0.25) is 0 Å². The van der Waals surface area contributed by atoms with E-state index in [1.54, 1.807) is 6.07 Å². The molecule has 0 amide bonds. The number of carbonyl (C=O) groups excluding carboxylic acids is 5. The van der Waals surface area contributed by atoms with Crippen LogP contribution >= 0.6 is 0 Å². The van der Waals surface area contributed by atoms with E-state index in [0.717, 1.165) is 9.80 Å². The molecule has 0 saturated carbocycles. The third-order valence-corrected chi connectivity index (χ3v) is 6.15. The molecule has 2 heterocycles. The van der Waals surface area contributed by atoms with Crippen LogP contribution in [0.3, 0.4) is 0 Å². The van der Waals surface area contributed by atoms with Gasteiger partial charge in [-0.05, 0) is 24.3 Å². The Labute approximate surface area is 497 Å². The Balaban J connectivity index is 0. The largest absolute Gasteiger partial charge is 1.00 e. The molecular weight excluding hydrogens is 798 g/mol. The molecule has 0 radical (unpaired) electrons. The number of carbonyl (C=O) groups is 5. The number of aliphatic carboxylic acids is 5. The van der Waals surface area contributed by atoms with Gasteiger partial charge in [0.25, 0.3) is 5.90 Å². The van der Waals surface area contributed by atoms with Crippen LogP contribution < -0.4 is 302 Å². The summed E-state index contributed by atoms with van der Waals surface area (Å²) in [5, 5.41) is 56.6. The Kier molecular flexibility index (Phi) is 29.2. The van der Waals surface area contributed by atoms with Crippen molar-refractivity contribution in [2.24, 2.45) is 4.99 Å². The summed E-state index contributed by atoms with van der Waals surface area (Å²) in [5.41, 5.74) is 0.183. The number of carboxylic acids is 5. The molecule has 1 aliphatic rings. The molecule has 2 aromatic carbocycles. The predicted molar refractivity (Wildman–Crippen MR) is 139 cm³/mol. The fourth-order valence-electron chi connectivity index (χ4n) is 4.38. The summed E-state index contributed by atoms with van der Waals surface area (Å²) in [6.07, 6.45) is -1.32. The van der Waals surface area contributed by atoms with Crippen LogP contribution in [0.1, 0.15) is 5.76 Å². The Morgan fingerprint density at radius 2 is 1.20 bits per heavy atom. The number of hydrogen-bond acceptors (Lipinski definition) is 17. The Morgan fingerprint density at radius 3 is 1.70 bits per heavy atom. The number of furan rings is 1. The van der Waals surface area contributed by atoms with Crippen molar-refractivity contribution >= 4 is 58.1 Å². The number of aliphatic imine (C=N–C) groups is 1. The molecule has 50 heavy (non-hydrogen) atoms. The molecule has 3 aromatic rings. The average molecular weight is 820 g/mol. The molecule has 0 aliphatic carbocycles. The second-order valence-corrected chi connectivity index (χ2v) is 9.40. The molecule has 0 spiro atoms. The molecule has 1 aromatic heterocycles. The second kappa shape index (κ2) is 26.9. The van der Waals surface area contributed by atoms with Crippen LogP contribution in [0.25, 0.3) is 11.0 Å². The SMILES string of the molecule is O=C([O-])CN(CC(=O)[O-])c1ccccc1OCCOc1cc2cc(C3=NCC(C(=O)[O-])O3)oc2cc1N(CC(=O)[O-])CC(=O)[O-].[K+].[K+].[K+].[K+].[K+]. The zero-order valence-corrected chi connectivity index (χ0v) is 43.7. The molecule has 0 N–H and O–H groups in total. The van der Waals surface area contributed by atoms with E-state index in [1.165, 1.54) is 36.4 Å². The Bertz CT molecular complexity index is 1640. The van der Waals surface area contributed by atoms with Gasteiger partial charge in [0.05, 0.1) is 73.9 Å². The van der Waals surface area contributed by atoms with Crippen molar-refractivity contribution in [2.45, 2.75) is 6.10 Å². The number of para-hydroxylation sites is 2. The Morgan fingerprint density at radius 1 is 0.700 bits per heavy atom.